The highest BCUT2D eigenvalue weighted by atomic mass is 16.7. The molecule has 0 amide bonds. The maximum atomic E-state index is 10.6. The van der Waals surface area contributed by atoms with Crippen molar-refractivity contribution >= 4 is 5.97 Å². The van der Waals surface area contributed by atoms with Crippen LogP contribution in [0.5, 0.6) is 0 Å². The Morgan fingerprint density at radius 2 is 2.00 bits per heavy atom. The normalized spacial score (nSPS) is 15.1. The first-order valence-electron chi connectivity index (χ1n) is 4.55. The van der Waals surface area contributed by atoms with Crippen LogP contribution >= 0.6 is 0 Å². The fraction of sp³-hybridized carbons (Fsp3) is 0.500. The number of carbonyl (C=O) groups is 1. The summed E-state index contributed by atoms with van der Waals surface area (Å²) in [5.41, 5.74) is -1.56. The van der Waals surface area contributed by atoms with Gasteiger partial charge in [0, 0.05) is 14.2 Å². The van der Waals surface area contributed by atoms with Gasteiger partial charge in [0.1, 0.15) is 5.76 Å². The van der Waals surface area contributed by atoms with E-state index in [-0.39, 0.29) is 11.5 Å². The van der Waals surface area contributed by atoms with Crippen LogP contribution in [0.4, 0.5) is 0 Å². The molecular weight excluding hydrogens is 216 g/mol. The first-order valence-corrected chi connectivity index (χ1v) is 4.55. The SMILES string of the molecule is COC(OC)C(C)(O)c1ccc(C(=O)O)o1. The quantitative estimate of drug-likeness (QED) is 0.727. The number of aromatic carboxylic acids is 1. The van der Waals surface area contributed by atoms with E-state index in [1.165, 1.54) is 33.3 Å². The molecule has 0 spiro atoms. The van der Waals surface area contributed by atoms with Crippen LogP contribution in [0.2, 0.25) is 0 Å². The molecule has 1 rings (SSSR count). The largest absolute Gasteiger partial charge is 0.475 e. The van der Waals surface area contributed by atoms with Crippen molar-refractivity contribution in [1.82, 2.24) is 0 Å². The van der Waals surface area contributed by atoms with Gasteiger partial charge in [-0.15, -0.1) is 0 Å². The maximum Gasteiger partial charge on any atom is 0.371 e. The molecule has 0 aromatic carbocycles. The van der Waals surface area contributed by atoms with Gasteiger partial charge in [0.25, 0.3) is 0 Å². The van der Waals surface area contributed by atoms with E-state index in [0.29, 0.717) is 0 Å². The van der Waals surface area contributed by atoms with Gasteiger partial charge in [-0.2, -0.15) is 0 Å². The lowest BCUT2D eigenvalue weighted by molar-refractivity contribution is -0.219. The Balaban J connectivity index is 3.01. The van der Waals surface area contributed by atoms with Gasteiger partial charge in [0.05, 0.1) is 0 Å². The predicted octanol–water partition coefficient (Wildman–Crippen LogP) is 0.804. The molecule has 2 N–H and O–H groups in total. The van der Waals surface area contributed by atoms with Crippen molar-refractivity contribution in [3.63, 3.8) is 0 Å². The third-order valence-electron chi connectivity index (χ3n) is 2.20. The molecule has 0 fully saturated rings. The van der Waals surface area contributed by atoms with Crippen LogP contribution in [0.15, 0.2) is 16.5 Å². The Bertz CT molecular complexity index is 363. The minimum atomic E-state index is -1.56. The third kappa shape index (κ3) is 2.24. The molecule has 16 heavy (non-hydrogen) atoms. The number of hydrogen-bond acceptors (Lipinski definition) is 5. The maximum absolute atomic E-state index is 10.6. The summed E-state index contributed by atoms with van der Waals surface area (Å²) in [4.78, 5) is 10.6. The molecule has 1 aromatic heterocycles. The number of carboxylic acid groups (broad SMARTS) is 1. The Morgan fingerprint density at radius 3 is 2.38 bits per heavy atom. The molecule has 0 aliphatic rings. The highest BCUT2D eigenvalue weighted by Gasteiger charge is 2.37. The lowest BCUT2D eigenvalue weighted by Gasteiger charge is -2.28. The zero-order valence-electron chi connectivity index (χ0n) is 9.26. The van der Waals surface area contributed by atoms with Crippen molar-refractivity contribution in [2.75, 3.05) is 14.2 Å². The van der Waals surface area contributed by atoms with E-state index >= 15 is 0 Å². The zero-order valence-corrected chi connectivity index (χ0v) is 9.26. The molecule has 0 saturated heterocycles. The number of hydrogen-bond donors (Lipinski definition) is 2. The Hall–Kier alpha value is -1.37. The highest BCUT2D eigenvalue weighted by molar-refractivity contribution is 5.84. The minimum Gasteiger partial charge on any atom is -0.475 e. The molecular formula is C10H14O6. The van der Waals surface area contributed by atoms with E-state index in [9.17, 15) is 9.90 Å². The van der Waals surface area contributed by atoms with Gasteiger partial charge in [-0.25, -0.2) is 4.79 Å². The molecule has 1 atom stereocenters. The highest BCUT2D eigenvalue weighted by Crippen LogP contribution is 2.28. The first-order chi connectivity index (χ1) is 7.43. The van der Waals surface area contributed by atoms with Gasteiger partial charge in [-0.1, -0.05) is 0 Å². The zero-order chi connectivity index (χ0) is 12.3. The van der Waals surface area contributed by atoms with E-state index in [1.807, 2.05) is 0 Å². The van der Waals surface area contributed by atoms with E-state index < -0.39 is 17.9 Å². The van der Waals surface area contributed by atoms with E-state index in [1.54, 1.807) is 0 Å². The summed E-state index contributed by atoms with van der Waals surface area (Å²) in [6.07, 6.45) is -0.944. The molecule has 0 radical (unpaired) electrons. The van der Waals surface area contributed by atoms with Gasteiger partial charge in [0.15, 0.2) is 11.9 Å². The van der Waals surface area contributed by atoms with Gasteiger partial charge < -0.3 is 24.1 Å². The van der Waals surface area contributed by atoms with Gasteiger partial charge >= 0.3 is 5.97 Å². The van der Waals surface area contributed by atoms with Crippen LogP contribution < -0.4 is 0 Å². The van der Waals surface area contributed by atoms with Crippen LogP contribution in [0.3, 0.4) is 0 Å². The second-order valence-electron chi connectivity index (χ2n) is 3.42. The summed E-state index contributed by atoms with van der Waals surface area (Å²) in [5.74, 6) is -1.38. The lowest BCUT2D eigenvalue weighted by Crippen LogP contribution is -2.39. The van der Waals surface area contributed by atoms with Crippen molar-refractivity contribution < 1.29 is 28.9 Å². The molecule has 90 valence electrons. The number of carboxylic acids is 1. The van der Waals surface area contributed by atoms with Crippen LogP contribution in [0.1, 0.15) is 23.2 Å². The Labute approximate surface area is 92.4 Å². The van der Waals surface area contributed by atoms with Crippen LogP contribution in [0, 0.1) is 0 Å². The molecule has 1 heterocycles. The van der Waals surface area contributed by atoms with Crippen LogP contribution in [-0.4, -0.2) is 36.7 Å². The molecule has 0 saturated carbocycles. The molecule has 0 aliphatic heterocycles. The summed E-state index contributed by atoms with van der Waals surface area (Å²) in [6.45, 7) is 1.41. The molecule has 6 heteroatoms. The monoisotopic (exact) mass is 230 g/mol. The summed E-state index contributed by atoms with van der Waals surface area (Å²) >= 11 is 0. The minimum absolute atomic E-state index is 0.0681. The molecule has 0 aliphatic carbocycles. The van der Waals surface area contributed by atoms with Crippen molar-refractivity contribution in [2.45, 2.75) is 18.8 Å². The van der Waals surface area contributed by atoms with Crippen molar-refractivity contribution in [1.29, 1.82) is 0 Å². The van der Waals surface area contributed by atoms with Gasteiger partial charge in [-0.05, 0) is 19.1 Å². The average molecular weight is 230 g/mol. The Kier molecular flexibility index (Phi) is 3.69. The average Bonchev–Trinajstić information content (AvgIpc) is 2.68. The van der Waals surface area contributed by atoms with Gasteiger partial charge in [-0.3, -0.25) is 0 Å². The first kappa shape index (κ1) is 12.7. The van der Waals surface area contributed by atoms with E-state index in [0.717, 1.165) is 0 Å². The van der Waals surface area contributed by atoms with Crippen LogP contribution in [0.25, 0.3) is 0 Å². The predicted molar refractivity (Wildman–Crippen MR) is 53.0 cm³/mol. The second-order valence-corrected chi connectivity index (χ2v) is 3.42. The smallest absolute Gasteiger partial charge is 0.371 e. The third-order valence-corrected chi connectivity index (χ3v) is 2.20. The Morgan fingerprint density at radius 1 is 1.44 bits per heavy atom. The standard InChI is InChI=1S/C10H14O6/c1-10(13,9(14-2)15-3)7-5-4-6(16-7)8(11)12/h4-5,9,13H,1-3H3,(H,11,12). The summed E-state index contributed by atoms with van der Waals surface area (Å²) in [6, 6.07) is 2.63. The van der Waals surface area contributed by atoms with Crippen LogP contribution in [-0.2, 0) is 15.1 Å². The van der Waals surface area contributed by atoms with Crippen molar-refractivity contribution in [3.8, 4) is 0 Å². The van der Waals surface area contributed by atoms with Crippen molar-refractivity contribution in [2.24, 2.45) is 0 Å². The molecule has 6 nitrogen and oxygen atoms in total. The number of ether oxygens (including phenoxy) is 2. The van der Waals surface area contributed by atoms with E-state index in [2.05, 4.69) is 0 Å². The second kappa shape index (κ2) is 4.65. The lowest BCUT2D eigenvalue weighted by atomic mass is 10.0. The summed E-state index contributed by atoms with van der Waals surface area (Å²) in [5, 5.41) is 18.8. The summed E-state index contributed by atoms with van der Waals surface area (Å²) in [7, 11) is 2.73. The summed E-state index contributed by atoms with van der Waals surface area (Å²) < 4.78 is 14.8. The molecule has 1 aromatic rings. The number of methoxy groups -OCH3 is 2. The molecule has 0 bridgehead atoms. The van der Waals surface area contributed by atoms with Crippen molar-refractivity contribution in [3.05, 3.63) is 23.7 Å². The molecule has 1 unspecified atom stereocenters. The van der Waals surface area contributed by atoms with E-state index in [4.69, 9.17) is 19.0 Å². The van der Waals surface area contributed by atoms with Gasteiger partial charge in [0.2, 0.25) is 5.76 Å². The fourth-order valence-electron chi connectivity index (χ4n) is 1.40. The number of aliphatic hydroxyl groups is 1. The topological polar surface area (TPSA) is 89.1 Å². The number of rotatable bonds is 5. The number of furan rings is 1. The fourth-order valence-corrected chi connectivity index (χ4v) is 1.40.